The predicted octanol–water partition coefficient (Wildman–Crippen LogP) is 4.00. The van der Waals surface area contributed by atoms with Crippen molar-refractivity contribution in [2.75, 3.05) is 6.61 Å². The molecular weight excluding hydrogens is 200 g/mol. The molecule has 0 amide bonds. The highest BCUT2D eigenvalue weighted by atomic mass is 16.5. The van der Waals surface area contributed by atoms with Crippen molar-refractivity contribution in [1.29, 1.82) is 0 Å². The fourth-order valence-corrected chi connectivity index (χ4v) is 2.00. The maximum atomic E-state index is 11.7. The fraction of sp³-hybridized carbons (Fsp3) is 0.786. The molecule has 0 aromatic carbocycles. The molecule has 0 N–H and O–H groups in total. The van der Waals surface area contributed by atoms with Crippen LogP contribution in [0.4, 0.5) is 0 Å². The van der Waals surface area contributed by atoms with Gasteiger partial charge in [0.15, 0.2) is 5.78 Å². The second-order valence-electron chi connectivity index (χ2n) is 4.56. The highest BCUT2D eigenvalue weighted by Gasteiger charge is 2.12. The number of hydrogen-bond donors (Lipinski definition) is 0. The lowest BCUT2D eigenvalue weighted by Gasteiger charge is -2.12. The molecule has 1 aliphatic heterocycles. The standard InChI is InChI=1S/C14H24O2/c1-2-3-4-5-6-7-10-14(15)13-9-8-11-16-12-13/h12H,2-11H2,1H3. The third-order valence-corrected chi connectivity index (χ3v) is 3.05. The van der Waals surface area contributed by atoms with Crippen LogP contribution in [0.25, 0.3) is 0 Å². The highest BCUT2D eigenvalue weighted by Crippen LogP contribution is 2.16. The van der Waals surface area contributed by atoms with Gasteiger partial charge in [-0.05, 0) is 19.3 Å². The molecule has 16 heavy (non-hydrogen) atoms. The van der Waals surface area contributed by atoms with E-state index in [1.807, 2.05) is 0 Å². The molecule has 0 aromatic heterocycles. The van der Waals surface area contributed by atoms with E-state index < -0.39 is 0 Å². The Kier molecular flexibility index (Phi) is 6.95. The summed E-state index contributed by atoms with van der Waals surface area (Å²) in [6.45, 7) is 2.99. The minimum atomic E-state index is 0.301. The normalized spacial score (nSPS) is 15.4. The monoisotopic (exact) mass is 224 g/mol. The van der Waals surface area contributed by atoms with Crippen molar-refractivity contribution < 1.29 is 9.53 Å². The van der Waals surface area contributed by atoms with Crippen molar-refractivity contribution in [2.24, 2.45) is 0 Å². The number of unbranched alkanes of at least 4 members (excludes halogenated alkanes) is 5. The van der Waals surface area contributed by atoms with E-state index in [0.717, 1.165) is 31.4 Å². The molecular formula is C14H24O2. The first-order valence-electron chi connectivity index (χ1n) is 6.68. The van der Waals surface area contributed by atoms with Crippen LogP contribution >= 0.6 is 0 Å². The molecule has 92 valence electrons. The summed E-state index contributed by atoms with van der Waals surface area (Å²) in [5.41, 5.74) is 0.903. The molecule has 0 saturated heterocycles. The van der Waals surface area contributed by atoms with Crippen LogP contribution in [0, 0.1) is 0 Å². The van der Waals surface area contributed by atoms with Crippen LogP contribution in [0.5, 0.6) is 0 Å². The van der Waals surface area contributed by atoms with Crippen molar-refractivity contribution in [1.82, 2.24) is 0 Å². The molecule has 0 atom stereocenters. The summed E-state index contributed by atoms with van der Waals surface area (Å²) in [4.78, 5) is 11.7. The first-order valence-corrected chi connectivity index (χ1v) is 6.68. The van der Waals surface area contributed by atoms with Gasteiger partial charge in [-0.3, -0.25) is 4.79 Å². The fourth-order valence-electron chi connectivity index (χ4n) is 2.00. The lowest BCUT2D eigenvalue weighted by molar-refractivity contribution is -0.116. The Hall–Kier alpha value is -0.790. The van der Waals surface area contributed by atoms with Crippen LogP contribution in [-0.4, -0.2) is 12.4 Å². The van der Waals surface area contributed by atoms with Crippen LogP contribution in [-0.2, 0) is 9.53 Å². The zero-order chi connectivity index (χ0) is 11.6. The SMILES string of the molecule is CCCCCCCCC(=O)C1=COCCC1. The van der Waals surface area contributed by atoms with Crippen molar-refractivity contribution in [3.63, 3.8) is 0 Å². The van der Waals surface area contributed by atoms with Gasteiger partial charge in [-0.2, -0.15) is 0 Å². The second-order valence-corrected chi connectivity index (χ2v) is 4.56. The Bertz CT molecular complexity index is 231. The lowest BCUT2D eigenvalue weighted by Crippen LogP contribution is -2.08. The van der Waals surface area contributed by atoms with E-state index in [1.54, 1.807) is 6.26 Å². The summed E-state index contributed by atoms with van der Waals surface area (Å²) < 4.78 is 5.18. The maximum absolute atomic E-state index is 11.7. The predicted molar refractivity (Wildman–Crippen MR) is 66.3 cm³/mol. The highest BCUT2D eigenvalue weighted by molar-refractivity contribution is 5.95. The molecule has 0 unspecified atom stereocenters. The molecule has 0 bridgehead atoms. The van der Waals surface area contributed by atoms with Gasteiger partial charge in [0.05, 0.1) is 12.9 Å². The first-order chi connectivity index (χ1) is 7.84. The summed E-state index contributed by atoms with van der Waals surface area (Å²) >= 11 is 0. The second kappa shape index (κ2) is 8.37. The largest absolute Gasteiger partial charge is 0.501 e. The van der Waals surface area contributed by atoms with Gasteiger partial charge in [0.1, 0.15) is 0 Å². The Labute approximate surface area is 99.1 Å². The van der Waals surface area contributed by atoms with Crippen LogP contribution in [0.15, 0.2) is 11.8 Å². The quantitative estimate of drug-likeness (QED) is 0.582. The first kappa shape index (κ1) is 13.3. The van der Waals surface area contributed by atoms with Crippen LogP contribution in [0.2, 0.25) is 0 Å². The summed E-state index contributed by atoms with van der Waals surface area (Å²) in [5, 5.41) is 0. The Morgan fingerprint density at radius 3 is 2.69 bits per heavy atom. The van der Waals surface area contributed by atoms with Crippen LogP contribution < -0.4 is 0 Å². The maximum Gasteiger partial charge on any atom is 0.161 e. The van der Waals surface area contributed by atoms with Crippen molar-refractivity contribution in [3.05, 3.63) is 11.8 Å². The molecule has 2 heteroatoms. The van der Waals surface area contributed by atoms with Gasteiger partial charge in [-0.25, -0.2) is 0 Å². The minimum absolute atomic E-state index is 0.301. The molecule has 0 aromatic rings. The van der Waals surface area contributed by atoms with E-state index in [-0.39, 0.29) is 0 Å². The van der Waals surface area contributed by atoms with E-state index in [9.17, 15) is 4.79 Å². The molecule has 0 radical (unpaired) electrons. The van der Waals surface area contributed by atoms with Gasteiger partial charge in [-0.1, -0.05) is 39.0 Å². The number of carbonyl (C=O) groups excluding carboxylic acids is 1. The number of Topliss-reactive ketones (excluding diaryl/α,β-unsaturated/α-hetero) is 1. The van der Waals surface area contributed by atoms with Gasteiger partial charge >= 0.3 is 0 Å². The smallest absolute Gasteiger partial charge is 0.161 e. The van der Waals surface area contributed by atoms with E-state index >= 15 is 0 Å². The van der Waals surface area contributed by atoms with E-state index in [4.69, 9.17) is 4.74 Å². The van der Waals surface area contributed by atoms with E-state index in [1.165, 1.54) is 32.1 Å². The zero-order valence-corrected chi connectivity index (χ0v) is 10.5. The summed E-state index contributed by atoms with van der Waals surface area (Å²) in [7, 11) is 0. The van der Waals surface area contributed by atoms with Gasteiger partial charge in [0.2, 0.25) is 0 Å². The Morgan fingerprint density at radius 2 is 2.00 bits per heavy atom. The number of allylic oxidation sites excluding steroid dienone is 1. The molecule has 0 fully saturated rings. The Balaban J connectivity index is 2.04. The summed E-state index contributed by atoms with van der Waals surface area (Å²) in [6.07, 6.45) is 11.7. The number of ether oxygens (including phenoxy) is 1. The number of ketones is 1. The van der Waals surface area contributed by atoms with Gasteiger partial charge in [-0.15, -0.1) is 0 Å². The molecule has 2 nitrogen and oxygen atoms in total. The summed E-state index contributed by atoms with van der Waals surface area (Å²) in [6, 6.07) is 0. The number of hydrogen-bond acceptors (Lipinski definition) is 2. The third-order valence-electron chi connectivity index (χ3n) is 3.05. The van der Waals surface area contributed by atoms with Crippen LogP contribution in [0.3, 0.4) is 0 Å². The van der Waals surface area contributed by atoms with Crippen molar-refractivity contribution >= 4 is 5.78 Å². The average Bonchev–Trinajstić information content (AvgIpc) is 2.34. The Morgan fingerprint density at radius 1 is 1.25 bits per heavy atom. The molecule has 1 aliphatic rings. The molecule has 0 aliphatic carbocycles. The van der Waals surface area contributed by atoms with Crippen molar-refractivity contribution in [2.45, 2.75) is 64.7 Å². The van der Waals surface area contributed by atoms with E-state index in [0.29, 0.717) is 12.2 Å². The number of carbonyl (C=O) groups is 1. The van der Waals surface area contributed by atoms with Gasteiger partial charge in [0, 0.05) is 12.0 Å². The lowest BCUT2D eigenvalue weighted by atomic mass is 10.0. The van der Waals surface area contributed by atoms with Crippen molar-refractivity contribution in [3.8, 4) is 0 Å². The average molecular weight is 224 g/mol. The number of rotatable bonds is 8. The molecule has 0 spiro atoms. The van der Waals surface area contributed by atoms with Gasteiger partial charge in [0.25, 0.3) is 0 Å². The topological polar surface area (TPSA) is 26.3 Å². The molecule has 1 heterocycles. The zero-order valence-electron chi connectivity index (χ0n) is 10.5. The minimum Gasteiger partial charge on any atom is -0.501 e. The van der Waals surface area contributed by atoms with E-state index in [2.05, 4.69) is 6.92 Å². The summed E-state index contributed by atoms with van der Waals surface area (Å²) in [5.74, 6) is 0.301. The van der Waals surface area contributed by atoms with Gasteiger partial charge < -0.3 is 4.74 Å². The van der Waals surface area contributed by atoms with Crippen LogP contribution in [0.1, 0.15) is 64.7 Å². The third kappa shape index (κ3) is 5.34. The molecule has 1 rings (SSSR count). The molecule has 0 saturated carbocycles.